The third-order valence-corrected chi connectivity index (χ3v) is 4.06. The number of fused-ring (bicyclic) bond motifs is 1. The van der Waals surface area contributed by atoms with Crippen LogP contribution in [0.25, 0.3) is 0 Å². The van der Waals surface area contributed by atoms with Crippen molar-refractivity contribution in [3.05, 3.63) is 34.9 Å². The summed E-state index contributed by atoms with van der Waals surface area (Å²) in [6.07, 6.45) is 1.24. The Balaban J connectivity index is 1.63. The van der Waals surface area contributed by atoms with Crippen molar-refractivity contribution in [2.75, 3.05) is 13.1 Å². The van der Waals surface area contributed by atoms with E-state index in [1.54, 1.807) is 4.90 Å². The Hall–Kier alpha value is -1.84. The standard InChI is InChI=1S/C17H21NO3/c1-17(2,3)21-16(20)18-9-13(10-18)12-5-4-11-6-7-15(19)14(11)8-12/h4-5,8,13H,6-7,9-10H2,1-3H3. The van der Waals surface area contributed by atoms with Crippen molar-refractivity contribution in [1.82, 2.24) is 4.90 Å². The van der Waals surface area contributed by atoms with E-state index in [1.807, 2.05) is 26.8 Å². The highest BCUT2D eigenvalue weighted by molar-refractivity contribution is 6.00. The van der Waals surface area contributed by atoms with E-state index in [0.717, 1.165) is 23.1 Å². The number of carbonyl (C=O) groups excluding carboxylic acids is 2. The van der Waals surface area contributed by atoms with Gasteiger partial charge < -0.3 is 9.64 Å². The second kappa shape index (κ2) is 4.86. The highest BCUT2D eigenvalue weighted by Gasteiger charge is 2.35. The Morgan fingerprint density at radius 3 is 2.62 bits per heavy atom. The van der Waals surface area contributed by atoms with E-state index in [1.165, 1.54) is 0 Å². The Labute approximate surface area is 125 Å². The molecule has 4 nitrogen and oxygen atoms in total. The smallest absolute Gasteiger partial charge is 0.410 e. The summed E-state index contributed by atoms with van der Waals surface area (Å²) in [5.74, 6) is 0.561. The number of hydrogen-bond acceptors (Lipinski definition) is 3. The molecular weight excluding hydrogens is 266 g/mol. The number of Topliss-reactive ketones (excluding diaryl/α,β-unsaturated/α-hetero) is 1. The summed E-state index contributed by atoms with van der Waals surface area (Å²) in [7, 11) is 0. The molecule has 1 aromatic rings. The molecule has 1 saturated heterocycles. The van der Waals surface area contributed by atoms with Crippen LogP contribution in [0.3, 0.4) is 0 Å². The SMILES string of the molecule is CC(C)(C)OC(=O)N1CC(c2ccc3c(c2)C(=O)CC3)C1. The number of nitrogens with zero attached hydrogens (tertiary/aromatic N) is 1. The third kappa shape index (κ3) is 2.80. The monoisotopic (exact) mass is 287 g/mol. The molecule has 1 aliphatic heterocycles. The van der Waals surface area contributed by atoms with E-state index < -0.39 is 5.60 Å². The van der Waals surface area contributed by atoms with Crippen molar-refractivity contribution in [2.45, 2.75) is 45.1 Å². The molecule has 2 aliphatic rings. The summed E-state index contributed by atoms with van der Waals surface area (Å²) in [6.45, 7) is 6.95. The molecule has 0 bridgehead atoms. The van der Waals surface area contributed by atoms with E-state index in [-0.39, 0.29) is 11.9 Å². The number of rotatable bonds is 1. The van der Waals surface area contributed by atoms with Crippen molar-refractivity contribution in [2.24, 2.45) is 0 Å². The van der Waals surface area contributed by atoms with E-state index >= 15 is 0 Å². The first-order chi connectivity index (χ1) is 9.83. The molecule has 1 amide bonds. The van der Waals surface area contributed by atoms with Gasteiger partial charge in [-0.2, -0.15) is 0 Å². The Morgan fingerprint density at radius 1 is 1.24 bits per heavy atom. The van der Waals surface area contributed by atoms with Gasteiger partial charge in [0.05, 0.1) is 0 Å². The summed E-state index contributed by atoms with van der Waals surface area (Å²) in [4.78, 5) is 25.4. The molecule has 1 fully saturated rings. The summed E-state index contributed by atoms with van der Waals surface area (Å²) in [5.41, 5.74) is 2.74. The molecule has 0 saturated carbocycles. The van der Waals surface area contributed by atoms with Crippen molar-refractivity contribution >= 4 is 11.9 Å². The van der Waals surface area contributed by atoms with E-state index in [4.69, 9.17) is 4.74 Å². The molecule has 0 radical (unpaired) electrons. The van der Waals surface area contributed by atoms with Gasteiger partial charge in [-0.1, -0.05) is 12.1 Å². The quantitative estimate of drug-likeness (QED) is 0.797. The molecule has 0 unspecified atom stereocenters. The molecular formula is C17H21NO3. The first kappa shape index (κ1) is 14.1. The first-order valence-electron chi connectivity index (χ1n) is 7.47. The molecule has 1 aromatic carbocycles. The minimum atomic E-state index is -0.456. The van der Waals surface area contributed by atoms with Crippen LogP contribution >= 0.6 is 0 Å². The van der Waals surface area contributed by atoms with Crippen molar-refractivity contribution < 1.29 is 14.3 Å². The van der Waals surface area contributed by atoms with Gasteiger partial charge >= 0.3 is 6.09 Å². The molecule has 0 aromatic heterocycles. The fraction of sp³-hybridized carbons (Fsp3) is 0.529. The second-order valence-electron chi connectivity index (χ2n) is 6.92. The van der Waals surface area contributed by atoms with Gasteiger partial charge in [-0.15, -0.1) is 0 Å². The van der Waals surface area contributed by atoms with Gasteiger partial charge in [0.25, 0.3) is 0 Å². The maximum absolute atomic E-state index is 11.9. The molecule has 0 atom stereocenters. The summed E-state index contributed by atoms with van der Waals surface area (Å²) in [6, 6.07) is 6.17. The molecule has 1 aliphatic carbocycles. The zero-order chi connectivity index (χ0) is 15.2. The second-order valence-corrected chi connectivity index (χ2v) is 6.92. The predicted octanol–water partition coefficient (Wildman–Crippen LogP) is 3.15. The molecule has 0 spiro atoms. The van der Waals surface area contributed by atoms with Crippen LogP contribution in [0.2, 0.25) is 0 Å². The van der Waals surface area contributed by atoms with E-state index in [0.29, 0.717) is 25.4 Å². The lowest BCUT2D eigenvalue weighted by Crippen LogP contribution is -2.50. The summed E-state index contributed by atoms with van der Waals surface area (Å²) >= 11 is 0. The number of aryl methyl sites for hydroxylation is 1. The van der Waals surface area contributed by atoms with E-state index in [2.05, 4.69) is 12.1 Å². The zero-order valence-corrected chi connectivity index (χ0v) is 12.8. The maximum Gasteiger partial charge on any atom is 0.410 e. The average molecular weight is 287 g/mol. The van der Waals surface area contributed by atoms with Crippen LogP contribution in [0.1, 0.15) is 54.6 Å². The fourth-order valence-electron chi connectivity index (χ4n) is 2.87. The van der Waals surface area contributed by atoms with Crippen LogP contribution in [-0.2, 0) is 11.2 Å². The number of amides is 1. The fourth-order valence-corrected chi connectivity index (χ4v) is 2.87. The lowest BCUT2D eigenvalue weighted by molar-refractivity contribution is 0.00817. The highest BCUT2D eigenvalue weighted by atomic mass is 16.6. The number of likely N-dealkylation sites (tertiary alicyclic amines) is 1. The number of ketones is 1. The molecule has 4 heteroatoms. The van der Waals surface area contributed by atoms with Gasteiger partial charge in [0.2, 0.25) is 0 Å². The van der Waals surface area contributed by atoms with Crippen molar-refractivity contribution in [3.8, 4) is 0 Å². The molecule has 3 rings (SSSR count). The average Bonchev–Trinajstić information content (AvgIpc) is 2.67. The lowest BCUT2D eigenvalue weighted by atomic mass is 9.90. The Kier molecular flexibility index (Phi) is 3.27. The van der Waals surface area contributed by atoms with Crippen LogP contribution < -0.4 is 0 Å². The van der Waals surface area contributed by atoms with Crippen molar-refractivity contribution in [1.29, 1.82) is 0 Å². The molecule has 0 N–H and O–H groups in total. The number of ether oxygens (including phenoxy) is 1. The number of carbonyl (C=O) groups is 2. The molecule has 21 heavy (non-hydrogen) atoms. The van der Waals surface area contributed by atoms with Crippen molar-refractivity contribution in [3.63, 3.8) is 0 Å². The van der Waals surface area contributed by atoms with Gasteiger partial charge in [0.1, 0.15) is 5.60 Å². The highest BCUT2D eigenvalue weighted by Crippen LogP contribution is 2.32. The van der Waals surface area contributed by atoms with E-state index in [9.17, 15) is 9.59 Å². The summed E-state index contributed by atoms with van der Waals surface area (Å²) in [5, 5.41) is 0. The van der Waals surface area contributed by atoms with Gasteiger partial charge in [0, 0.05) is 31.0 Å². The first-order valence-corrected chi connectivity index (χ1v) is 7.47. The normalized spacial score (nSPS) is 18.4. The van der Waals surface area contributed by atoms with Gasteiger partial charge in [-0.05, 0) is 44.4 Å². The van der Waals surface area contributed by atoms with Crippen LogP contribution in [0.5, 0.6) is 0 Å². The lowest BCUT2D eigenvalue weighted by Gasteiger charge is -2.40. The van der Waals surface area contributed by atoms with Crippen LogP contribution in [-0.4, -0.2) is 35.5 Å². The summed E-state index contributed by atoms with van der Waals surface area (Å²) < 4.78 is 5.35. The number of benzene rings is 1. The minimum absolute atomic E-state index is 0.246. The topological polar surface area (TPSA) is 46.6 Å². The van der Waals surface area contributed by atoms with Crippen LogP contribution in [0, 0.1) is 0 Å². The van der Waals surface area contributed by atoms with Gasteiger partial charge in [0.15, 0.2) is 5.78 Å². The third-order valence-electron chi connectivity index (χ3n) is 4.06. The van der Waals surface area contributed by atoms with Crippen LogP contribution in [0.4, 0.5) is 4.79 Å². The zero-order valence-electron chi connectivity index (χ0n) is 12.8. The van der Waals surface area contributed by atoms with Gasteiger partial charge in [-0.3, -0.25) is 4.79 Å². The van der Waals surface area contributed by atoms with Crippen LogP contribution in [0.15, 0.2) is 18.2 Å². The maximum atomic E-state index is 11.9. The Bertz CT molecular complexity index is 595. The Morgan fingerprint density at radius 2 is 1.95 bits per heavy atom. The predicted molar refractivity (Wildman–Crippen MR) is 79.6 cm³/mol. The minimum Gasteiger partial charge on any atom is -0.444 e. The number of hydrogen-bond donors (Lipinski definition) is 0. The van der Waals surface area contributed by atoms with Gasteiger partial charge in [-0.25, -0.2) is 4.79 Å². The molecule has 1 heterocycles. The molecule has 112 valence electrons. The largest absolute Gasteiger partial charge is 0.444 e.